The number of para-hydroxylation sites is 1. The van der Waals surface area contributed by atoms with Gasteiger partial charge in [0.15, 0.2) is 0 Å². The molecule has 2 rings (SSSR count). The fourth-order valence-electron chi connectivity index (χ4n) is 2.86. The lowest BCUT2D eigenvalue weighted by Gasteiger charge is -2.37. The molecule has 0 aromatic heterocycles. The number of nitrogens with two attached hydrogens (primary N) is 1. The molecular weight excluding hydrogens is 361 g/mol. The molecule has 1 aliphatic rings. The number of nitrogens with zero attached hydrogens (tertiary/aromatic N) is 1. The molecule has 0 radical (unpaired) electrons. The van der Waals surface area contributed by atoms with Gasteiger partial charge in [-0.2, -0.15) is 0 Å². The zero-order valence-corrected chi connectivity index (χ0v) is 14.7. The minimum absolute atomic E-state index is 0. The molecule has 1 amide bonds. The molecule has 0 bridgehead atoms. The van der Waals surface area contributed by atoms with E-state index in [1.54, 1.807) is 13.1 Å². The fourth-order valence-corrected chi connectivity index (χ4v) is 2.86. The SMILES string of the molecule is CN(Cc1ccccc1OC(F)(F)F)C(=O)C1(CN)CCOCC1.Cl. The van der Waals surface area contributed by atoms with Crippen LogP contribution in [0.15, 0.2) is 24.3 Å². The van der Waals surface area contributed by atoms with Crippen LogP contribution < -0.4 is 10.5 Å². The summed E-state index contributed by atoms with van der Waals surface area (Å²) < 4.78 is 46.8. The predicted octanol–water partition coefficient (Wildman–Crippen LogP) is 2.72. The summed E-state index contributed by atoms with van der Waals surface area (Å²) in [5, 5.41) is 0. The van der Waals surface area contributed by atoms with Crippen LogP contribution in [-0.4, -0.2) is 44.0 Å². The van der Waals surface area contributed by atoms with Crippen molar-refractivity contribution >= 4 is 18.3 Å². The molecule has 9 heteroatoms. The van der Waals surface area contributed by atoms with E-state index in [9.17, 15) is 18.0 Å². The first-order chi connectivity index (χ1) is 11.3. The molecular formula is C16H22ClF3N2O3. The number of hydrogen-bond donors (Lipinski definition) is 1. The number of carbonyl (C=O) groups excluding carboxylic acids is 1. The highest BCUT2D eigenvalue weighted by atomic mass is 35.5. The van der Waals surface area contributed by atoms with Gasteiger partial charge in [0.25, 0.3) is 0 Å². The van der Waals surface area contributed by atoms with Gasteiger partial charge >= 0.3 is 6.36 Å². The van der Waals surface area contributed by atoms with Gasteiger partial charge in [0.2, 0.25) is 5.91 Å². The summed E-state index contributed by atoms with van der Waals surface area (Å²) in [4.78, 5) is 14.2. The van der Waals surface area contributed by atoms with E-state index in [1.165, 1.54) is 23.1 Å². The van der Waals surface area contributed by atoms with Crippen LogP contribution in [0.1, 0.15) is 18.4 Å². The Balaban J connectivity index is 0.00000312. The Morgan fingerprint density at radius 1 is 1.32 bits per heavy atom. The summed E-state index contributed by atoms with van der Waals surface area (Å²) in [7, 11) is 1.56. The average Bonchev–Trinajstić information content (AvgIpc) is 2.55. The molecule has 0 spiro atoms. The lowest BCUT2D eigenvalue weighted by atomic mass is 9.79. The second-order valence-electron chi connectivity index (χ2n) is 5.91. The van der Waals surface area contributed by atoms with E-state index in [-0.39, 0.29) is 42.7 Å². The van der Waals surface area contributed by atoms with Gasteiger partial charge in [-0.3, -0.25) is 4.79 Å². The monoisotopic (exact) mass is 382 g/mol. The van der Waals surface area contributed by atoms with Gasteiger partial charge in [0.1, 0.15) is 5.75 Å². The largest absolute Gasteiger partial charge is 0.573 e. The molecule has 25 heavy (non-hydrogen) atoms. The molecule has 1 saturated heterocycles. The van der Waals surface area contributed by atoms with E-state index in [4.69, 9.17) is 10.5 Å². The van der Waals surface area contributed by atoms with Crippen molar-refractivity contribution < 1.29 is 27.4 Å². The first kappa shape index (κ1) is 21.5. The standard InChI is InChI=1S/C16H21F3N2O3.ClH/c1-21(14(22)15(11-20)6-8-23-9-7-15)10-12-4-2-3-5-13(12)24-16(17,18)19;/h2-5H,6-11,20H2,1H3;1H. The molecule has 0 saturated carbocycles. The number of amides is 1. The van der Waals surface area contributed by atoms with E-state index < -0.39 is 11.8 Å². The van der Waals surface area contributed by atoms with Crippen LogP contribution in [0, 0.1) is 5.41 Å². The summed E-state index contributed by atoms with van der Waals surface area (Å²) in [6.07, 6.45) is -3.77. The highest BCUT2D eigenvalue weighted by Crippen LogP contribution is 2.33. The molecule has 0 unspecified atom stereocenters. The summed E-state index contributed by atoms with van der Waals surface area (Å²) in [5.41, 5.74) is 5.37. The molecule has 1 aliphatic heterocycles. The Morgan fingerprint density at radius 2 is 1.92 bits per heavy atom. The number of halogens is 4. The van der Waals surface area contributed by atoms with Gasteiger partial charge < -0.3 is 20.1 Å². The van der Waals surface area contributed by atoms with Crippen LogP contribution in [0.5, 0.6) is 5.75 Å². The maximum absolute atomic E-state index is 12.8. The van der Waals surface area contributed by atoms with Crippen molar-refractivity contribution in [2.45, 2.75) is 25.7 Å². The van der Waals surface area contributed by atoms with Gasteiger partial charge in [-0.1, -0.05) is 18.2 Å². The lowest BCUT2D eigenvalue weighted by molar-refractivity contribution is -0.275. The zero-order valence-electron chi connectivity index (χ0n) is 13.8. The van der Waals surface area contributed by atoms with Crippen LogP contribution in [0.4, 0.5) is 13.2 Å². The Morgan fingerprint density at radius 3 is 2.48 bits per heavy atom. The Labute approximate surface area is 150 Å². The average molecular weight is 383 g/mol. The van der Waals surface area contributed by atoms with Gasteiger partial charge in [0, 0.05) is 38.9 Å². The quantitative estimate of drug-likeness (QED) is 0.850. The van der Waals surface area contributed by atoms with Crippen molar-refractivity contribution in [2.75, 3.05) is 26.8 Å². The van der Waals surface area contributed by atoms with Crippen LogP contribution in [-0.2, 0) is 16.1 Å². The summed E-state index contributed by atoms with van der Waals surface area (Å²) in [6, 6.07) is 5.79. The van der Waals surface area contributed by atoms with E-state index in [2.05, 4.69) is 4.74 Å². The summed E-state index contributed by atoms with van der Waals surface area (Å²) in [5.74, 6) is -0.492. The van der Waals surface area contributed by atoms with Crippen molar-refractivity contribution in [3.05, 3.63) is 29.8 Å². The Hall–Kier alpha value is -1.51. The smallest absolute Gasteiger partial charge is 0.405 e. The normalized spacial score (nSPS) is 16.7. The van der Waals surface area contributed by atoms with Crippen molar-refractivity contribution in [3.63, 3.8) is 0 Å². The van der Waals surface area contributed by atoms with Gasteiger partial charge in [-0.05, 0) is 18.9 Å². The highest BCUT2D eigenvalue weighted by molar-refractivity contribution is 5.85. The van der Waals surface area contributed by atoms with Crippen molar-refractivity contribution in [3.8, 4) is 5.75 Å². The van der Waals surface area contributed by atoms with Crippen molar-refractivity contribution in [1.82, 2.24) is 4.90 Å². The first-order valence-electron chi connectivity index (χ1n) is 7.64. The van der Waals surface area contributed by atoms with Gasteiger partial charge in [-0.15, -0.1) is 25.6 Å². The number of benzene rings is 1. The lowest BCUT2D eigenvalue weighted by Crippen LogP contribution is -2.49. The third-order valence-corrected chi connectivity index (χ3v) is 4.25. The van der Waals surface area contributed by atoms with E-state index in [1.807, 2.05) is 0 Å². The molecule has 1 aromatic carbocycles. The molecule has 2 N–H and O–H groups in total. The second kappa shape index (κ2) is 8.73. The van der Waals surface area contributed by atoms with Crippen LogP contribution in [0.2, 0.25) is 0 Å². The molecule has 0 atom stereocenters. The maximum atomic E-state index is 12.8. The maximum Gasteiger partial charge on any atom is 0.573 e. The number of alkyl halides is 3. The molecule has 0 aliphatic carbocycles. The third-order valence-electron chi connectivity index (χ3n) is 4.25. The van der Waals surface area contributed by atoms with Gasteiger partial charge in [-0.25, -0.2) is 0 Å². The first-order valence-corrected chi connectivity index (χ1v) is 7.64. The van der Waals surface area contributed by atoms with E-state index in [0.29, 0.717) is 26.1 Å². The molecule has 142 valence electrons. The van der Waals surface area contributed by atoms with Crippen LogP contribution >= 0.6 is 12.4 Å². The zero-order chi connectivity index (χ0) is 17.8. The summed E-state index contributed by atoms with van der Waals surface area (Å²) >= 11 is 0. The predicted molar refractivity (Wildman–Crippen MR) is 88.4 cm³/mol. The van der Waals surface area contributed by atoms with E-state index >= 15 is 0 Å². The third kappa shape index (κ3) is 5.49. The minimum atomic E-state index is -4.78. The Kier molecular flexibility index (Phi) is 7.52. The fraction of sp³-hybridized carbons (Fsp3) is 0.562. The van der Waals surface area contributed by atoms with Gasteiger partial charge in [0.05, 0.1) is 5.41 Å². The molecule has 1 fully saturated rings. The van der Waals surface area contributed by atoms with E-state index in [0.717, 1.165) is 0 Å². The number of ether oxygens (including phenoxy) is 2. The topological polar surface area (TPSA) is 64.8 Å². The van der Waals surface area contributed by atoms with Crippen molar-refractivity contribution in [2.24, 2.45) is 11.1 Å². The number of carbonyl (C=O) groups is 1. The Bertz CT molecular complexity index is 578. The molecule has 1 heterocycles. The second-order valence-corrected chi connectivity index (χ2v) is 5.91. The van der Waals surface area contributed by atoms with Crippen LogP contribution in [0.25, 0.3) is 0 Å². The number of hydrogen-bond acceptors (Lipinski definition) is 4. The minimum Gasteiger partial charge on any atom is -0.405 e. The molecule has 5 nitrogen and oxygen atoms in total. The number of rotatable bonds is 5. The highest BCUT2D eigenvalue weighted by Gasteiger charge is 2.40. The van der Waals surface area contributed by atoms with Crippen molar-refractivity contribution in [1.29, 1.82) is 0 Å². The van der Waals surface area contributed by atoms with Crippen LogP contribution in [0.3, 0.4) is 0 Å². The molecule has 1 aromatic rings. The summed E-state index contributed by atoms with van der Waals surface area (Å²) in [6.45, 7) is 1.09.